The van der Waals surface area contributed by atoms with Gasteiger partial charge in [0.15, 0.2) is 0 Å². The molecule has 0 bridgehead atoms. The second-order valence-corrected chi connectivity index (χ2v) is 4.35. The Balaban J connectivity index is 2.38. The molecule has 2 nitrogen and oxygen atoms in total. The fourth-order valence-electron chi connectivity index (χ4n) is 1.26. The van der Waals surface area contributed by atoms with Gasteiger partial charge in [-0.3, -0.25) is 0 Å². The Morgan fingerprint density at radius 2 is 1.94 bits per heavy atom. The summed E-state index contributed by atoms with van der Waals surface area (Å²) in [6.45, 7) is 3.61. The Morgan fingerprint density at radius 1 is 1.25 bits per heavy atom. The first-order valence-corrected chi connectivity index (χ1v) is 6.21. The summed E-state index contributed by atoms with van der Waals surface area (Å²) in [7, 11) is 1.72. The van der Waals surface area contributed by atoms with E-state index in [2.05, 4.69) is 31.7 Å². The highest BCUT2D eigenvalue weighted by Gasteiger charge is 2.00. The Hall–Kier alpha value is -0.670. The molecule has 1 unspecified atom stereocenters. The minimum absolute atomic E-state index is 0.483. The van der Waals surface area contributed by atoms with Crippen LogP contribution in [0.15, 0.2) is 24.3 Å². The lowest BCUT2D eigenvalue weighted by atomic mass is 10.1. The molecule has 1 aromatic carbocycles. The van der Waals surface area contributed by atoms with E-state index in [0.717, 1.165) is 31.1 Å². The van der Waals surface area contributed by atoms with Crippen molar-refractivity contribution in [2.75, 3.05) is 26.1 Å². The standard InChI is InChI=1S/C13H20O2S/c1-11(10-16)9-15-13-5-3-12(4-6-13)7-8-14-2/h3-6,11,16H,7-10H2,1-2H3. The highest BCUT2D eigenvalue weighted by atomic mass is 32.1. The van der Waals surface area contributed by atoms with E-state index in [1.165, 1.54) is 5.56 Å². The van der Waals surface area contributed by atoms with E-state index in [4.69, 9.17) is 9.47 Å². The number of hydrogen-bond acceptors (Lipinski definition) is 3. The lowest BCUT2D eigenvalue weighted by molar-refractivity contribution is 0.202. The van der Waals surface area contributed by atoms with E-state index in [0.29, 0.717) is 5.92 Å². The number of benzene rings is 1. The fraction of sp³-hybridized carbons (Fsp3) is 0.538. The Morgan fingerprint density at radius 3 is 2.50 bits per heavy atom. The van der Waals surface area contributed by atoms with Crippen LogP contribution in [0, 0.1) is 5.92 Å². The highest BCUT2D eigenvalue weighted by Crippen LogP contribution is 2.14. The van der Waals surface area contributed by atoms with Gasteiger partial charge in [-0.1, -0.05) is 19.1 Å². The van der Waals surface area contributed by atoms with Crippen LogP contribution in [0.2, 0.25) is 0 Å². The molecule has 0 heterocycles. The predicted octanol–water partition coefficient (Wildman–Crippen LogP) is 2.82. The van der Waals surface area contributed by atoms with Crippen LogP contribution in [-0.4, -0.2) is 26.1 Å². The summed E-state index contributed by atoms with van der Waals surface area (Å²) in [5.41, 5.74) is 1.27. The van der Waals surface area contributed by atoms with Crippen LogP contribution in [0.5, 0.6) is 5.75 Å². The zero-order valence-electron chi connectivity index (χ0n) is 9.98. The average molecular weight is 240 g/mol. The van der Waals surface area contributed by atoms with Crippen LogP contribution < -0.4 is 4.74 Å². The first-order valence-electron chi connectivity index (χ1n) is 5.57. The van der Waals surface area contributed by atoms with Crippen LogP contribution >= 0.6 is 12.6 Å². The van der Waals surface area contributed by atoms with Crippen LogP contribution in [0.25, 0.3) is 0 Å². The zero-order chi connectivity index (χ0) is 11.8. The molecule has 0 aliphatic rings. The molecule has 0 aliphatic heterocycles. The van der Waals surface area contributed by atoms with Gasteiger partial charge in [0.05, 0.1) is 13.2 Å². The minimum Gasteiger partial charge on any atom is -0.493 e. The summed E-state index contributed by atoms with van der Waals surface area (Å²) < 4.78 is 10.7. The molecule has 0 aromatic heterocycles. The molecule has 90 valence electrons. The number of rotatable bonds is 7. The third kappa shape index (κ3) is 4.90. The Kier molecular flexibility index (Phi) is 6.34. The van der Waals surface area contributed by atoms with Crippen LogP contribution in [0.1, 0.15) is 12.5 Å². The Labute approximate surface area is 103 Å². The molecular formula is C13H20O2S. The smallest absolute Gasteiger partial charge is 0.119 e. The van der Waals surface area contributed by atoms with Gasteiger partial charge >= 0.3 is 0 Å². The van der Waals surface area contributed by atoms with Crippen molar-refractivity contribution in [3.05, 3.63) is 29.8 Å². The van der Waals surface area contributed by atoms with Gasteiger partial charge in [0.2, 0.25) is 0 Å². The second kappa shape index (κ2) is 7.58. The van der Waals surface area contributed by atoms with E-state index in [1.54, 1.807) is 7.11 Å². The maximum atomic E-state index is 5.64. The van der Waals surface area contributed by atoms with E-state index >= 15 is 0 Å². The summed E-state index contributed by atoms with van der Waals surface area (Å²) >= 11 is 4.22. The number of ether oxygens (including phenoxy) is 2. The first-order chi connectivity index (χ1) is 7.76. The summed E-state index contributed by atoms with van der Waals surface area (Å²) in [5, 5.41) is 0. The van der Waals surface area contributed by atoms with Crippen molar-refractivity contribution in [2.24, 2.45) is 5.92 Å². The number of thiol groups is 1. The second-order valence-electron chi connectivity index (χ2n) is 3.99. The normalized spacial score (nSPS) is 12.4. The summed E-state index contributed by atoms with van der Waals surface area (Å²) in [6, 6.07) is 8.19. The molecule has 0 spiro atoms. The van der Waals surface area contributed by atoms with Crippen molar-refractivity contribution in [1.82, 2.24) is 0 Å². The maximum Gasteiger partial charge on any atom is 0.119 e. The quantitative estimate of drug-likeness (QED) is 0.739. The van der Waals surface area contributed by atoms with Gasteiger partial charge in [0.25, 0.3) is 0 Å². The van der Waals surface area contributed by atoms with Crippen molar-refractivity contribution in [3.8, 4) is 5.75 Å². The van der Waals surface area contributed by atoms with E-state index in [9.17, 15) is 0 Å². The minimum atomic E-state index is 0.483. The van der Waals surface area contributed by atoms with Crippen LogP contribution in [0.4, 0.5) is 0 Å². The molecule has 1 atom stereocenters. The van der Waals surface area contributed by atoms with E-state index in [-0.39, 0.29) is 0 Å². The molecule has 0 saturated heterocycles. The summed E-state index contributed by atoms with van der Waals surface area (Å²) in [6.07, 6.45) is 0.948. The lowest BCUT2D eigenvalue weighted by Crippen LogP contribution is -2.09. The number of hydrogen-bond donors (Lipinski definition) is 1. The average Bonchev–Trinajstić information content (AvgIpc) is 2.34. The van der Waals surface area contributed by atoms with Crippen LogP contribution in [-0.2, 0) is 11.2 Å². The van der Waals surface area contributed by atoms with Gasteiger partial charge in [-0.2, -0.15) is 12.6 Å². The number of methoxy groups -OCH3 is 1. The fourth-order valence-corrected chi connectivity index (χ4v) is 1.37. The molecule has 1 aromatic rings. The molecule has 0 fully saturated rings. The third-order valence-electron chi connectivity index (χ3n) is 2.36. The highest BCUT2D eigenvalue weighted by molar-refractivity contribution is 7.80. The molecule has 3 heteroatoms. The maximum absolute atomic E-state index is 5.64. The zero-order valence-corrected chi connectivity index (χ0v) is 10.9. The lowest BCUT2D eigenvalue weighted by Gasteiger charge is -2.10. The third-order valence-corrected chi connectivity index (χ3v) is 2.99. The van der Waals surface area contributed by atoms with Gasteiger partial charge in [0, 0.05) is 7.11 Å². The largest absolute Gasteiger partial charge is 0.493 e. The van der Waals surface area contributed by atoms with Crippen molar-refractivity contribution < 1.29 is 9.47 Å². The van der Waals surface area contributed by atoms with Gasteiger partial charge in [-0.05, 0) is 35.8 Å². The van der Waals surface area contributed by atoms with Gasteiger partial charge in [-0.25, -0.2) is 0 Å². The van der Waals surface area contributed by atoms with Crippen LogP contribution in [0.3, 0.4) is 0 Å². The molecular weight excluding hydrogens is 220 g/mol. The first kappa shape index (κ1) is 13.4. The van der Waals surface area contributed by atoms with E-state index < -0.39 is 0 Å². The molecule has 0 saturated carbocycles. The van der Waals surface area contributed by atoms with Crippen molar-refractivity contribution in [2.45, 2.75) is 13.3 Å². The SMILES string of the molecule is COCCc1ccc(OCC(C)CS)cc1. The molecule has 0 radical (unpaired) electrons. The van der Waals surface area contributed by atoms with E-state index in [1.807, 2.05) is 12.1 Å². The molecule has 0 aliphatic carbocycles. The topological polar surface area (TPSA) is 18.5 Å². The van der Waals surface area contributed by atoms with Gasteiger partial charge in [0.1, 0.15) is 5.75 Å². The molecule has 0 N–H and O–H groups in total. The molecule has 0 amide bonds. The summed E-state index contributed by atoms with van der Waals surface area (Å²) in [4.78, 5) is 0. The van der Waals surface area contributed by atoms with Gasteiger partial charge < -0.3 is 9.47 Å². The monoisotopic (exact) mass is 240 g/mol. The van der Waals surface area contributed by atoms with Crippen molar-refractivity contribution in [3.63, 3.8) is 0 Å². The Bertz CT molecular complexity index is 284. The predicted molar refractivity (Wildman–Crippen MR) is 70.5 cm³/mol. The molecule has 1 rings (SSSR count). The van der Waals surface area contributed by atoms with Crippen molar-refractivity contribution in [1.29, 1.82) is 0 Å². The van der Waals surface area contributed by atoms with Crippen molar-refractivity contribution >= 4 is 12.6 Å². The van der Waals surface area contributed by atoms with Gasteiger partial charge in [-0.15, -0.1) is 0 Å². The summed E-state index contributed by atoms with van der Waals surface area (Å²) in [5.74, 6) is 2.26. The molecule has 16 heavy (non-hydrogen) atoms.